The SMILES string of the molecule is CCc1nn([C@H](CC)C(=O)NCc2cccc(OC)c2OC)c(=O)c2cc3occc3n12. The zero-order chi connectivity index (χ0) is 22.8. The molecule has 0 aliphatic carbocycles. The number of nitrogens with one attached hydrogen (secondary N) is 1. The minimum Gasteiger partial charge on any atom is -0.493 e. The van der Waals surface area contributed by atoms with Crippen LogP contribution in [0.15, 0.2) is 45.8 Å². The van der Waals surface area contributed by atoms with E-state index in [0.717, 1.165) is 11.1 Å². The van der Waals surface area contributed by atoms with E-state index >= 15 is 0 Å². The maximum atomic E-state index is 13.2. The minimum atomic E-state index is -0.754. The molecule has 4 rings (SSSR count). The number of para-hydroxylation sites is 1. The molecule has 0 saturated carbocycles. The Morgan fingerprint density at radius 3 is 2.69 bits per heavy atom. The molecule has 0 bridgehead atoms. The normalized spacial score (nSPS) is 12.2. The van der Waals surface area contributed by atoms with E-state index in [1.807, 2.05) is 26.0 Å². The third-order valence-electron chi connectivity index (χ3n) is 5.57. The first-order valence-electron chi connectivity index (χ1n) is 10.5. The predicted octanol–water partition coefficient (Wildman–Crippen LogP) is 3.09. The lowest BCUT2D eigenvalue weighted by Gasteiger charge is -2.19. The van der Waals surface area contributed by atoms with Crippen LogP contribution in [0.3, 0.4) is 0 Å². The van der Waals surface area contributed by atoms with E-state index in [2.05, 4.69) is 10.4 Å². The number of fused-ring (bicyclic) bond motifs is 3. The Morgan fingerprint density at radius 2 is 2.00 bits per heavy atom. The highest BCUT2D eigenvalue weighted by atomic mass is 16.5. The van der Waals surface area contributed by atoms with Crippen LogP contribution < -0.4 is 20.3 Å². The first kappa shape index (κ1) is 21.5. The molecule has 0 spiro atoms. The summed E-state index contributed by atoms with van der Waals surface area (Å²) in [5.74, 6) is 1.52. The standard InChI is InChI=1S/C23H26N4O5/c1-5-15(22(28)24-13-14-8-7-9-18(30-3)21(14)31-4)27-23(29)17-12-19-16(10-11-32-19)26(17)20(6-2)25-27/h7-12,15H,5-6,13H2,1-4H3,(H,24,28)/t15-/m1/s1. The van der Waals surface area contributed by atoms with Crippen molar-refractivity contribution in [2.45, 2.75) is 39.3 Å². The number of benzene rings is 1. The number of nitrogens with zero attached hydrogens (tertiary/aromatic N) is 3. The van der Waals surface area contributed by atoms with E-state index < -0.39 is 6.04 Å². The number of amides is 1. The Balaban J connectivity index is 1.67. The van der Waals surface area contributed by atoms with Gasteiger partial charge in [-0.05, 0) is 12.5 Å². The first-order valence-corrected chi connectivity index (χ1v) is 10.5. The van der Waals surface area contributed by atoms with Gasteiger partial charge in [-0.2, -0.15) is 5.10 Å². The summed E-state index contributed by atoms with van der Waals surface area (Å²) in [6.07, 6.45) is 2.58. The fraction of sp³-hybridized carbons (Fsp3) is 0.348. The van der Waals surface area contributed by atoms with E-state index in [9.17, 15) is 9.59 Å². The lowest BCUT2D eigenvalue weighted by Crippen LogP contribution is -2.39. The molecule has 3 aromatic heterocycles. The van der Waals surface area contributed by atoms with E-state index in [-0.39, 0.29) is 18.0 Å². The lowest BCUT2D eigenvalue weighted by atomic mass is 10.1. The summed E-state index contributed by atoms with van der Waals surface area (Å²) in [4.78, 5) is 26.4. The summed E-state index contributed by atoms with van der Waals surface area (Å²) in [6.45, 7) is 4.04. The van der Waals surface area contributed by atoms with Crippen LogP contribution in [0.1, 0.15) is 37.7 Å². The van der Waals surface area contributed by atoms with E-state index in [0.29, 0.717) is 41.3 Å². The van der Waals surface area contributed by atoms with Crippen LogP contribution in [0.25, 0.3) is 16.6 Å². The van der Waals surface area contributed by atoms with Crippen molar-refractivity contribution in [2.75, 3.05) is 14.2 Å². The summed E-state index contributed by atoms with van der Waals surface area (Å²) in [7, 11) is 3.11. The average Bonchev–Trinajstić information content (AvgIpc) is 3.41. The second kappa shape index (κ2) is 8.78. The van der Waals surface area contributed by atoms with Gasteiger partial charge in [0.05, 0.1) is 26.0 Å². The van der Waals surface area contributed by atoms with Crippen molar-refractivity contribution in [1.82, 2.24) is 19.5 Å². The summed E-state index contributed by atoms with van der Waals surface area (Å²) >= 11 is 0. The van der Waals surface area contributed by atoms with Gasteiger partial charge in [0.25, 0.3) is 5.56 Å². The van der Waals surface area contributed by atoms with Gasteiger partial charge in [0.2, 0.25) is 5.91 Å². The molecule has 1 N–H and O–H groups in total. The zero-order valence-electron chi connectivity index (χ0n) is 18.5. The number of rotatable bonds is 8. The Kier molecular flexibility index (Phi) is 5.89. The summed E-state index contributed by atoms with van der Waals surface area (Å²) in [6, 6.07) is 8.22. The number of aromatic nitrogens is 3. The molecule has 0 fully saturated rings. The highest BCUT2D eigenvalue weighted by molar-refractivity contribution is 5.83. The number of hydrogen-bond donors (Lipinski definition) is 1. The topological polar surface area (TPSA) is 100 Å². The third kappa shape index (κ3) is 3.49. The smallest absolute Gasteiger partial charge is 0.291 e. The van der Waals surface area contributed by atoms with E-state index in [1.165, 1.54) is 4.68 Å². The number of aryl methyl sites for hydroxylation is 1. The summed E-state index contributed by atoms with van der Waals surface area (Å²) < 4.78 is 19.3. The van der Waals surface area contributed by atoms with Crippen molar-refractivity contribution in [1.29, 1.82) is 0 Å². The maximum absolute atomic E-state index is 13.2. The van der Waals surface area contributed by atoms with E-state index in [1.54, 1.807) is 43.1 Å². The zero-order valence-corrected chi connectivity index (χ0v) is 18.5. The number of carbonyl (C=O) groups excluding carboxylic acids is 1. The molecule has 0 aliphatic heterocycles. The summed E-state index contributed by atoms with van der Waals surface area (Å²) in [5.41, 5.74) is 2.27. The molecule has 1 aromatic carbocycles. The molecule has 0 saturated heterocycles. The van der Waals surface area contributed by atoms with Gasteiger partial charge in [-0.3, -0.25) is 14.0 Å². The van der Waals surface area contributed by atoms with Crippen molar-refractivity contribution >= 4 is 22.5 Å². The van der Waals surface area contributed by atoms with Crippen LogP contribution in [0, 0.1) is 0 Å². The van der Waals surface area contributed by atoms with Crippen molar-refractivity contribution in [3.8, 4) is 11.5 Å². The maximum Gasteiger partial charge on any atom is 0.291 e. The lowest BCUT2D eigenvalue weighted by molar-refractivity contribution is -0.125. The molecule has 1 amide bonds. The molecule has 0 unspecified atom stereocenters. The second-order valence-corrected chi connectivity index (χ2v) is 7.35. The number of furan rings is 1. The Bertz CT molecular complexity index is 1330. The molecular weight excluding hydrogens is 412 g/mol. The monoisotopic (exact) mass is 438 g/mol. The third-order valence-corrected chi connectivity index (χ3v) is 5.57. The highest BCUT2D eigenvalue weighted by Gasteiger charge is 2.24. The molecular formula is C23H26N4O5. The Morgan fingerprint density at radius 1 is 1.19 bits per heavy atom. The van der Waals surface area contributed by atoms with Crippen molar-refractivity contribution in [2.24, 2.45) is 0 Å². The fourth-order valence-corrected chi connectivity index (χ4v) is 4.00. The molecule has 1 atom stereocenters. The van der Waals surface area contributed by atoms with Crippen LogP contribution in [0.5, 0.6) is 11.5 Å². The second-order valence-electron chi connectivity index (χ2n) is 7.35. The number of methoxy groups -OCH3 is 2. The molecule has 32 heavy (non-hydrogen) atoms. The van der Waals surface area contributed by atoms with Gasteiger partial charge < -0.3 is 19.2 Å². The molecule has 0 aliphatic rings. The molecule has 168 valence electrons. The number of carbonyl (C=O) groups is 1. The number of ether oxygens (including phenoxy) is 2. The van der Waals surface area contributed by atoms with Gasteiger partial charge in [-0.15, -0.1) is 0 Å². The van der Waals surface area contributed by atoms with Crippen molar-refractivity contribution in [3.05, 3.63) is 58.3 Å². The van der Waals surface area contributed by atoms with Crippen molar-refractivity contribution < 1.29 is 18.7 Å². The molecule has 9 nitrogen and oxygen atoms in total. The fourth-order valence-electron chi connectivity index (χ4n) is 4.00. The molecule has 9 heteroatoms. The first-order chi connectivity index (χ1) is 15.5. The summed E-state index contributed by atoms with van der Waals surface area (Å²) in [5, 5.41) is 7.46. The Hall–Kier alpha value is -3.75. The van der Waals surface area contributed by atoms with Gasteiger partial charge in [-0.1, -0.05) is 26.0 Å². The molecule has 0 radical (unpaired) electrons. The predicted molar refractivity (Wildman–Crippen MR) is 119 cm³/mol. The minimum absolute atomic E-state index is 0.228. The van der Waals surface area contributed by atoms with E-state index in [4.69, 9.17) is 13.9 Å². The van der Waals surface area contributed by atoms with Gasteiger partial charge in [0.15, 0.2) is 17.1 Å². The highest BCUT2D eigenvalue weighted by Crippen LogP contribution is 2.30. The van der Waals surface area contributed by atoms with Gasteiger partial charge >= 0.3 is 0 Å². The van der Waals surface area contributed by atoms with Crippen LogP contribution >= 0.6 is 0 Å². The van der Waals surface area contributed by atoms with Gasteiger partial charge in [0, 0.05) is 30.7 Å². The molecule has 4 aromatic rings. The van der Waals surface area contributed by atoms with Crippen molar-refractivity contribution in [3.63, 3.8) is 0 Å². The number of hydrogen-bond acceptors (Lipinski definition) is 6. The molecule has 3 heterocycles. The van der Waals surface area contributed by atoms with Crippen LogP contribution in [-0.4, -0.2) is 34.3 Å². The largest absolute Gasteiger partial charge is 0.493 e. The van der Waals surface area contributed by atoms with Gasteiger partial charge in [-0.25, -0.2) is 4.68 Å². The van der Waals surface area contributed by atoms with Crippen LogP contribution in [0.4, 0.5) is 0 Å². The quantitative estimate of drug-likeness (QED) is 0.454. The van der Waals surface area contributed by atoms with Crippen LogP contribution in [-0.2, 0) is 17.8 Å². The average molecular weight is 438 g/mol. The van der Waals surface area contributed by atoms with Gasteiger partial charge in [0.1, 0.15) is 17.4 Å². The Labute approximate surface area is 184 Å². The van der Waals surface area contributed by atoms with Crippen LogP contribution in [0.2, 0.25) is 0 Å².